The van der Waals surface area contributed by atoms with Gasteiger partial charge in [0.05, 0.1) is 42.3 Å². The van der Waals surface area contributed by atoms with Crippen LogP contribution in [0.2, 0.25) is 0 Å². The number of ether oxygens (including phenoxy) is 1. The van der Waals surface area contributed by atoms with E-state index in [4.69, 9.17) is 9.72 Å². The summed E-state index contributed by atoms with van der Waals surface area (Å²) < 4.78 is 4.81. The highest BCUT2D eigenvalue weighted by atomic mass is 16.5. The zero-order valence-corrected chi connectivity index (χ0v) is 31.6. The van der Waals surface area contributed by atoms with Gasteiger partial charge in [-0.2, -0.15) is 0 Å². The summed E-state index contributed by atoms with van der Waals surface area (Å²) in [5, 5.41) is 5.65. The third-order valence-electron chi connectivity index (χ3n) is 12.5. The van der Waals surface area contributed by atoms with Crippen LogP contribution in [0.3, 0.4) is 0 Å². The molecule has 1 saturated heterocycles. The number of fused-ring (bicyclic) bond motifs is 3. The summed E-state index contributed by atoms with van der Waals surface area (Å²) in [4.78, 5) is 56.0. The minimum Gasteiger partial charge on any atom is -0.453 e. The van der Waals surface area contributed by atoms with Crippen LogP contribution in [0.25, 0.3) is 55.2 Å². The number of methoxy groups -OCH3 is 1. The van der Waals surface area contributed by atoms with E-state index in [0.717, 1.165) is 53.7 Å². The quantitative estimate of drug-likeness (QED) is 0.151. The Kier molecular flexibility index (Phi) is 8.79. The minimum absolute atomic E-state index is 0.104. The number of benzene rings is 4. The zero-order valence-electron chi connectivity index (χ0n) is 31.6. The predicted octanol–water partition coefficient (Wildman–Crippen LogP) is 8.50. The van der Waals surface area contributed by atoms with Gasteiger partial charge in [-0.3, -0.25) is 9.59 Å². The van der Waals surface area contributed by atoms with E-state index in [0.29, 0.717) is 17.4 Å². The summed E-state index contributed by atoms with van der Waals surface area (Å²) >= 11 is 0. The maximum absolute atomic E-state index is 13.8. The Bertz CT molecular complexity index is 2530. The molecule has 2 amide bonds. The number of rotatable bonds is 7. The number of alkyl carbamates (subject to hydrolysis) is 1. The molecule has 3 aliphatic rings. The van der Waals surface area contributed by atoms with Crippen molar-refractivity contribution >= 4 is 33.7 Å². The Balaban J connectivity index is 1.09. The van der Waals surface area contributed by atoms with Gasteiger partial charge in [0.15, 0.2) is 0 Å². The topological polar surface area (TPSA) is 133 Å². The monoisotopic (exact) mass is 734 g/mol. The number of nitrogens with zero attached hydrogens (tertiary/aromatic N) is 3. The molecule has 2 fully saturated rings. The van der Waals surface area contributed by atoms with Crippen LogP contribution in [-0.4, -0.2) is 56.5 Å². The Hall–Kier alpha value is -5.77. The molecule has 1 spiro atoms. The Morgan fingerprint density at radius 2 is 1.58 bits per heavy atom. The number of hydrogen-bond acceptors (Lipinski definition) is 6. The summed E-state index contributed by atoms with van der Waals surface area (Å²) in [5.41, 5.74) is 10.4. The number of carbonyl (C=O) groups excluding carboxylic acids is 2. The number of carbonyl (C=O) groups is 2. The smallest absolute Gasteiger partial charge is 0.407 e. The van der Waals surface area contributed by atoms with Gasteiger partial charge in [-0.1, -0.05) is 81.3 Å². The van der Waals surface area contributed by atoms with E-state index in [1.165, 1.54) is 72.3 Å². The molecule has 0 bridgehead atoms. The van der Waals surface area contributed by atoms with Gasteiger partial charge < -0.3 is 24.9 Å². The summed E-state index contributed by atoms with van der Waals surface area (Å²) in [5.74, 6) is 0.518. The highest BCUT2D eigenvalue weighted by Crippen LogP contribution is 2.53. The third kappa shape index (κ3) is 6.08. The van der Waals surface area contributed by atoms with E-state index < -0.39 is 12.1 Å². The Labute approximate surface area is 319 Å². The molecule has 2 aromatic heterocycles. The van der Waals surface area contributed by atoms with Crippen molar-refractivity contribution in [2.24, 2.45) is 11.3 Å². The molecule has 2 aliphatic carbocycles. The molecule has 55 heavy (non-hydrogen) atoms. The molecule has 4 aromatic carbocycles. The molecule has 280 valence electrons. The molecule has 1 aliphatic heterocycles. The van der Waals surface area contributed by atoms with E-state index in [9.17, 15) is 14.4 Å². The molecular formula is C45H46N6O4. The van der Waals surface area contributed by atoms with Crippen molar-refractivity contribution in [3.63, 3.8) is 0 Å². The maximum atomic E-state index is 13.8. The number of nitrogens with one attached hydrogen (secondary N) is 3. The first-order chi connectivity index (χ1) is 26.7. The van der Waals surface area contributed by atoms with Gasteiger partial charge in [0.1, 0.15) is 11.9 Å². The van der Waals surface area contributed by atoms with Crippen molar-refractivity contribution < 1.29 is 14.3 Å². The molecule has 0 radical (unpaired) electrons. The molecule has 2 atom stereocenters. The second-order valence-corrected chi connectivity index (χ2v) is 16.1. The maximum Gasteiger partial charge on any atom is 0.407 e. The lowest BCUT2D eigenvalue weighted by Gasteiger charge is -2.30. The molecule has 3 N–H and O–H groups in total. The number of H-pyrrole nitrogens is 2. The lowest BCUT2D eigenvalue weighted by molar-refractivity contribution is -0.135. The first-order valence-electron chi connectivity index (χ1n) is 19.6. The number of amides is 2. The third-order valence-corrected chi connectivity index (χ3v) is 12.5. The van der Waals surface area contributed by atoms with E-state index in [-0.39, 0.29) is 28.8 Å². The van der Waals surface area contributed by atoms with Crippen molar-refractivity contribution in [3.8, 4) is 33.5 Å². The lowest BCUT2D eigenvalue weighted by atomic mass is 9.82. The zero-order chi connectivity index (χ0) is 37.8. The van der Waals surface area contributed by atoms with Crippen LogP contribution >= 0.6 is 0 Å². The summed E-state index contributed by atoms with van der Waals surface area (Å²) in [7, 11) is 1.31. The molecule has 2 unspecified atom stereocenters. The van der Waals surface area contributed by atoms with Crippen LogP contribution in [0.5, 0.6) is 0 Å². The molecule has 3 heterocycles. The molecule has 1 saturated carbocycles. The average molecular weight is 735 g/mol. The summed E-state index contributed by atoms with van der Waals surface area (Å²) in [6.45, 7) is 4.44. The number of likely N-dealkylation sites (tertiary alicyclic amines) is 1. The lowest BCUT2D eigenvalue weighted by Crippen LogP contribution is -2.51. The van der Waals surface area contributed by atoms with E-state index >= 15 is 0 Å². The van der Waals surface area contributed by atoms with Crippen molar-refractivity contribution in [3.05, 3.63) is 107 Å². The summed E-state index contributed by atoms with van der Waals surface area (Å²) in [6, 6.07) is 22.8. The second kappa shape index (κ2) is 13.8. The van der Waals surface area contributed by atoms with Gasteiger partial charge in [0.25, 0.3) is 5.56 Å². The highest BCUT2D eigenvalue weighted by Gasteiger charge is 2.42. The number of aromatic amines is 2. The van der Waals surface area contributed by atoms with Crippen LogP contribution in [0.4, 0.5) is 4.79 Å². The molecular weight excluding hydrogens is 689 g/mol. The van der Waals surface area contributed by atoms with Gasteiger partial charge in [0, 0.05) is 12.1 Å². The van der Waals surface area contributed by atoms with Crippen LogP contribution < -0.4 is 10.9 Å². The largest absolute Gasteiger partial charge is 0.453 e. The minimum atomic E-state index is -0.688. The molecule has 6 aromatic rings. The average Bonchev–Trinajstić information content (AvgIpc) is 4.03. The Morgan fingerprint density at radius 3 is 2.35 bits per heavy atom. The van der Waals surface area contributed by atoms with Crippen LogP contribution in [0, 0.1) is 11.3 Å². The number of aromatic nitrogens is 4. The normalized spacial score (nSPS) is 18.0. The van der Waals surface area contributed by atoms with Crippen molar-refractivity contribution in [2.45, 2.75) is 77.3 Å². The van der Waals surface area contributed by atoms with Gasteiger partial charge in [0.2, 0.25) is 5.91 Å². The van der Waals surface area contributed by atoms with Gasteiger partial charge in [-0.25, -0.2) is 14.8 Å². The molecule has 10 heteroatoms. The first-order valence-corrected chi connectivity index (χ1v) is 19.6. The molecule has 10 nitrogen and oxygen atoms in total. The fourth-order valence-electron chi connectivity index (χ4n) is 9.75. The van der Waals surface area contributed by atoms with Gasteiger partial charge in [-0.05, 0) is 106 Å². The molecule has 9 rings (SSSR count). The van der Waals surface area contributed by atoms with Crippen LogP contribution in [0.15, 0.2) is 84.0 Å². The Morgan fingerprint density at radius 1 is 0.873 bits per heavy atom. The first kappa shape index (κ1) is 35.0. The van der Waals surface area contributed by atoms with Gasteiger partial charge >= 0.3 is 6.09 Å². The standard InChI is InChI=1S/C45H46N6O4/c1-26(2)40(50-44(54)55-3)43(53)51-20-8-11-39(51)41-46-24-38(49-41)33-16-15-31(29-9-4-5-10-30(29)33)32-14-13-28(35-22-45(23-36(32)35)18-6-7-19-45)27-12-17-37-34(21-27)42(52)48-25-47-37/h4-5,9-10,12-17,21,24-26,39-40H,6-8,11,18-20,22-23H2,1-3H3,(H,46,49)(H,50,54)(H,47,48,52). The predicted molar refractivity (Wildman–Crippen MR) is 214 cm³/mol. The van der Waals surface area contributed by atoms with E-state index in [1.807, 2.05) is 37.1 Å². The summed E-state index contributed by atoms with van der Waals surface area (Å²) in [6.07, 6.45) is 11.5. The van der Waals surface area contributed by atoms with Crippen LogP contribution in [-0.2, 0) is 22.4 Å². The fraction of sp³-hybridized carbons (Fsp3) is 0.356. The highest BCUT2D eigenvalue weighted by molar-refractivity contribution is 6.05. The number of imidazole rings is 1. The van der Waals surface area contributed by atoms with Crippen molar-refractivity contribution in [2.75, 3.05) is 13.7 Å². The fourth-order valence-corrected chi connectivity index (χ4v) is 9.75. The second-order valence-electron chi connectivity index (χ2n) is 16.1. The van der Waals surface area contributed by atoms with Gasteiger partial charge in [-0.15, -0.1) is 0 Å². The van der Waals surface area contributed by atoms with Crippen molar-refractivity contribution in [1.82, 2.24) is 30.2 Å². The SMILES string of the molecule is COC(=O)NC(C(=O)N1CCCC1c1ncc(-c2ccc(-c3ccc(-c4ccc5nc[nH]c(=O)c5c4)c4c3CC3(CCCC3)C4)c3ccccc23)[nH]1)C(C)C. The van der Waals surface area contributed by atoms with E-state index in [1.54, 1.807) is 0 Å². The number of hydrogen-bond donors (Lipinski definition) is 3. The van der Waals surface area contributed by atoms with Crippen molar-refractivity contribution in [1.29, 1.82) is 0 Å². The van der Waals surface area contributed by atoms with Crippen LogP contribution in [0.1, 0.15) is 75.4 Å². The van der Waals surface area contributed by atoms with E-state index in [2.05, 4.69) is 74.9 Å².